The Bertz CT molecular complexity index is 1650. The highest BCUT2D eigenvalue weighted by Gasteiger charge is 2.70. The summed E-state index contributed by atoms with van der Waals surface area (Å²) in [5.74, 6) is 3.53. The average Bonchev–Trinajstić information content (AvgIpc) is 3.06. The molecular formula is C50H62. The standard InChI is InChI=1S/C50H62/c1-7-13-35-21-41(15-9-3)43(17-11-5)45(23-35)47-25-37-19-38(26-47)30-49(29-37,33-47)50-31-39-20-40(32-50)28-48(27-39,34-50)46-24-36(14-8-2)22-42(16-10-4)44(46)18-12-6/h7-18,21-24,37-40H,19-20,25-34H2,1-6H3/b13-7-,14-8-,15-9-,16-10-,17-11-,18-12-. The first-order chi connectivity index (χ1) is 24.3. The van der Waals surface area contributed by atoms with Crippen LogP contribution in [-0.4, -0.2) is 0 Å². The van der Waals surface area contributed by atoms with Gasteiger partial charge >= 0.3 is 0 Å². The van der Waals surface area contributed by atoms with Crippen LogP contribution in [0.15, 0.2) is 60.7 Å². The molecule has 0 heterocycles. The Labute approximate surface area is 304 Å². The molecule has 0 amide bonds. The predicted molar refractivity (Wildman–Crippen MR) is 219 cm³/mol. The molecule has 8 aliphatic carbocycles. The highest BCUT2D eigenvalue weighted by molar-refractivity contribution is 5.74. The lowest BCUT2D eigenvalue weighted by Crippen LogP contribution is -2.66. The Balaban J connectivity index is 1.28. The van der Waals surface area contributed by atoms with Gasteiger partial charge < -0.3 is 0 Å². The van der Waals surface area contributed by atoms with Crippen molar-refractivity contribution in [1.82, 2.24) is 0 Å². The van der Waals surface area contributed by atoms with Gasteiger partial charge in [0.2, 0.25) is 0 Å². The van der Waals surface area contributed by atoms with E-state index in [4.69, 9.17) is 0 Å². The summed E-state index contributed by atoms with van der Waals surface area (Å²) in [6.07, 6.45) is 45.3. The molecule has 50 heavy (non-hydrogen) atoms. The van der Waals surface area contributed by atoms with Gasteiger partial charge in [-0.15, -0.1) is 0 Å². The molecule has 0 N–H and O–H groups in total. The van der Waals surface area contributed by atoms with Gasteiger partial charge in [-0.1, -0.05) is 85.0 Å². The minimum absolute atomic E-state index is 0.296. The minimum atomic E-state index is 0.296. The van der Waals surface area contributed by atoms with Crippen LogP contribution in [0.3, 0.4) is 0 Å². The van der Waals surface area contributed by atoms with Crippen molar-refractivity contribution in [3.8, 4) is 0 Å². The van der Waals surface area contributed by atoms with E-state index in [1.54, 1.807) is 11.1 Å². The van der Waals surface area contributed by atoms with Gasteiger partial charge in [0.15, 0.2) is 0 Å². The molecule has 4 atom stereocenters. The molecule has 0 spiro atoms. The predicted octanol–water partition coefficient (Wildman–Crippen LogP) is 14.3. The number of rotatable bonds is 9. The fourth-order valence-electron chi connectivity index (χ4n) is 14.6. The van der Waals surface area contributed by atoms with E-state index >= 15 is 0 Å². The lowest BCUT2D eigenvalue weighted by molar-refractivity contribution is -0.212. The van der Waals surface area contributed by atoms with E-state index in [1.165, 1.54) is 110 Å². The van der Waals surface area contributed by atoms with E-state index < -0.39 is 0 Å². The van der Waals surface area contributed by atoms with Crippen LogP contribution in [0.2, 0.25) is 0 Å². The lowest BCUT2D eigenvalue weighted by atomic mass is 9.30. The Hall–Kier alpha value is -3.12. The summed E-state index contributed by atoms with van der Waals surface area (Å²) < 4.78 is 0. The van der Waals surface area contributed by atoms with Gasteiger partial charge in [0.05, 0.1) is 0 Å². The first-order valence-corrected chi connectivity index (χ1v) is 20.4. The average molecular weight is 663 g/mol. The van der Waals surface area contributed by atoms with Crippen LogP contribution in [0.4, 0.5) is 0 Å². The Kier molecular flexibility index (Phi) is 8.72. The van der Waals surface area contributed by atoms with Crippen molar-refractivity contribution in [1.29, 1.82) is 0 Å². The van der Waals surface area contributed by atoms with E-state index in [9.17, 15) is 0 Å². The molecule has 2 aromatic carbocycles. The van der Waals surface area contributed by atoms with Gasteiger partial charge in [-0.05, 0) is 221 Å². The fraction of sp³-hybridized carbons (Fsp3) is 0.520. The van der Waals surface area contributed by atoms with Crippen molar-refractivity contribution in [2.75, 3.05) is 0 Å². The van der Waals surface area contributed by atoms with Gasteiger partial charge in [-0.2, -0.15) is 0 Å². The molecule has 8 saturated carbocycles. The minimum Gasteiger partial charge on any atom is -0.0871 e. The highest BCUT2D eigenvalue weighted by Crippen LogP contribution is 2.79. The normalized spacial score (nSPS) is 37.5. The van der Waals surface area contributed by atoms with Crippen LogP contribution < -0.4 is 0 Å². The summed E-state index contributed by atoms with van der Waals surface area (Å²) >= 11 is 0. The molecule has 2 aromatic rings. The number of allylic oxidation sites excluding steroid dienone is 6. The van der Waals surface area contributed by atoms with Crippen LogP contribution in [0, 0.1) is 34.5 Å². The highest BCUT2D eigenvalue weighted by atomic mass is 14.7. The molecule has 0 aromatic heterocycles. The maximum atomic E-state index is 2.64. The smallest absolute Gasteiger partial charge is 0.00299 e. The summed E-state index contributed by atoms with van der Waals surface area (Å²) in [5.41, 5.74) is 13.5. The van der Waals surface area contributed by atoms with Crippen molar-refractivity contribution in [3.05, 3.63) is 105 Å². The first-order valence-electron chi connectivity index (χ1n) is 20.4. The maximum absolute atomic E-state index is 2.64. The molecular weight excluding hydrogens is 601 g/mol. The zero-order valence-electron chi connectivity index (χ0n) is 32.0. The van der Waals surface area contributed by atoms with E-state index in [-0.39, 0.29) is 0 Å². The molecule has 0 radical (unpaired) electrons. The summed E-state index contributed by atoms with van der Waals surface area (Å²) in [5, 5.41) is 0. The van der Waals surface area contributed by atoms with Gasteiger partial charge in [-0.25, -0.2) is 0 Å². The number of hydrogen-bond donors (Lipinski definition) is 0. The Morgan fingerprint density at radius 1 is 0.420 bits per heavy atom. The molecule has 4 unspecified atom stereocenters. The Morgan fingerprint density at radius 3 is 1.08 bits per heavy atom. The van der Waals surface area contributed by atoms with E-state index in [0.717, 1.165) is 23.7 Å². The van der Waals surface area contributed by atoms with E-state index in [2.05, 4.69) is 139 Å². The second-order valence-corrected chi connectivity index (χ2v) is 18.2. The van der Waals surface area contributed by atoms with Crippen molar-refractivity contribution in [3.63, 3.8) is 0 Å². The van der Waals surface area contributed by atoms with E-state index in [0.29, 0.717) is 21.7 Å². The fourth-order valence-corrected chi connectivity index (χ4v) is 14.6. The molecule has 262 valence electrons. The quantitative estimate of drug-likeness (QED) is 0.251. The molecule has 0 heteroatoms. The third-order valence-electron chi connectivity index (χ3n) is 14.9. The molecule has 0 nitrogen and oxygen atoms in total. The maximum Gasteiger partial charge on any atom is -0.00299 e. The summed E-state index contributed by atoms with van der Waals surface area (Å²) in [7, 11) is 0. The SMILES string of the molecule is C/C=C\c1cc(/C=C\C)c(/C=C\C)c(C23CC4CC(C2)CC(C25CC6CC(CC(c7cc(/C=C\C)cc(/C=C\C)c7/C=C\C)(C6)C2)C5)(C4)C3)c1. The van der Waals surface area contributed by atoms with Crippen molar-refractivity contribution in [2.24, 2.45) is 34.5 Å². The number of benzene rings is 2. The second-order valence-electron chi connectivity index (χ2n) is 18.2. The summed E-state index contributed by atoms with van der Waals surface area (Å²) in [6.45, 7) is 13.1. The molecule has 0 aliphatic heterocycles. The zero-order valence-corrected chi connectivity index (χ0v) is 32.0. The molecule has 10 rings (SSSR count). The molecule has 8 bridgehead atoms. The third-order valence-corrected chi connectivity index (χ3v) is 14.9. The third kappa shape index (κ3) is 5.28. The van der Waals surface area contributed by atoms with Crippen molar-refractivity contribution < 1.29 is 0 Å². The molecule has 8 aliphatic rings. The first kappa shape index (κ1) is 34.0. The van der Waals surface area contributed by atoms with Crippen LogP contribution in [0.1, 0.15) is 163 Å². The van der Waals surface area contributed by atoms with Gasteiger partial charge in [0.1, 0.15) is 0 Å². The van der Waals surface area contributed by atoms with Crippen molar-refractivity contribution in [2.45, 2.75) is 129 Å². The topological polar surface area (TPSA) is 0 Å². The van der Waals surface area contributed by atoms with Crippen LogP contribution in [0.25, 0.3) is 36.5 Å². The Morgan fingerprint density at radius 2 is 0.760 bits per heavy atom. The second kappa shape index (κ2) is 12.8. The van der Waals surface area contributed by atoms with Crippen LogP contribution in [0.5, 0.6) is 0 Å². The number of hydrogen-bond acceptors (Lipinski definition) is 0. The van der Waals surface area contributed by atoms with Gasteiger partial charge in [-0.3, -0.25) is 0 Å². The van der Waals surface area contributed by atoms with Crippen molar-refractivity contribution >= 4 is 36.5 Å². The van der Waals surface area contributed by atoms with Crippen LogP contribution in [-0.2, 0) is 10.8 Å². The largest absolute Gasteiger partial charge is 0.0871 e. The van der Waals surface area contributed by atoms with E-state index in [1.807, 2.05) is 0 Å². The molecule has 8 fully saturated rings. The summed E-state index contributed by atoms with van der Waals surface area (Å²) in [6, 6.07) is 10.2. The van der Waals surface area contributed by atoms with Gasteiger partial charge in [0, 0.05) is 0 Å². The van der Waals surface area contributed by atoms with Gasteiger partial charge in [0.25, 0.3) is 0 Å². The lowest BCUT2D eigenvalue weighted by Gasteiger charge is -2.74. The molecule has 0 saturated heterocycles. The monoisotopic (exact) mass is 662 g/mol. The zero-order chi connectivity index (χ0) is 34.7. The summed E-state index contributed by atoms with van der Waals surface area (Å²) in [4.78, 5) is 0. The van der Waals surface area contributed by atoms with Crippen LogP contribution >= 0.6 is 0 Å².